The van der Waals surface area contributed by atoms with Crippen LogP contribution in [0, 0.1) is 5.92 Å². The predicted octanol–water partition coefficient (Wildman–Crippen LogP) is 1.96. The highest BCUT2D eigenvalue weighted by Gasteiger charge is 2.21. The third-order valence-corrected chi connectivity index (χ3v) is 3.99. The molecule has 0 fully saturated rings. The Kier molecular flexibility index (Phi) is 4.53. The third-order valence-electron chi connectivity index (χ3n) is 3.78. The van der Waals surface area contributed by atoms with Gasteiger partial charge in [0.1, 0.15) is 0 Å². The fraction of sp³-hybridized carbons (Fsp3) is 0.278. The van der Waals surface area contributed by atoms with Gasteiger partial charge in [0.2, 0.25) is 0 Å². The first-order chi connectivity index (χ1) is 11.5. The highest BCUT2D eigenvalue weighted by atomic mass is 35.5. The molecule has 3 aromatic rings. The minimum Gasteiger partial charge on any atom is -0.842 e. The van der Waals surface area contributed by atoms with Crippen molar-refractivity contribution >= 4 is 17.2 Å². The van der Waals surface area contributed by atoms with Gasteiger partial charge in [0.05, 0.1) is 18.0 Å². The van der Waals surface area contributed by atoms with Gasteiger partial charge in [-0.25, -0.2) is 9.36 Å². The number of hydrogen-bond donors (Lipinski definition) is 0. The van der Waals surface area contributed by atoms with Gasteiger partial charge in [-0.15, -0.1) is 0 Å². The van der Waals surface area contributed by atoms with Gasteiger partial charge in [0.25, 0.3) is 0 Å². The molecule has 2 aromatic heterocycles. The Labute approximate surface area is 144 Å². The van der Waals surface area contributed by atoms with E-state index in [1.807, 2.05) is 44.2 Å². The molecule has 0 saturated heterocycles. The number of aromatic nitrogens is 3. The van der Waals surface area contributed by atoms with E-state index in [1.54, 1.807) is 16.7 Å². The normalized spacial score (nSPS) is 11.3. The lowest BCUT2D eigenvalue weighted by Gasteiger charge is -2.17. The van der Waals surface area contributed by atoms with Crippen molar-refractivity contribution in [2.75, 3.05) is 0 Å². The van der Waals surface area contributed by atoms with Gasteiger partial charge in [-0.3, -0.25) is 0 Å². The molecule has 0 unspecified atom stereocenters. The van der Waals surface area contributed by atoms with E-state index in [2.05, 4.69) is 5.10 Å². The Balaban J connectivity index is 2.26. The van der Waals surface area contributed by atoms with Gasteiger partial charge >= 0.3 is 11.2 Å². The zero-order chi connectivity index (χ0) is 17.3. The summed E-state index contributed by atoms with van der Waals surface area (Å²) in [5.41, 5.74) is 1.15. The summed E-state index contributed by atoms with van der Waals surface area (Å²) in [6.45, 7) is 4.55. The highest BCUT2D eigenvalue weighted by molar-refractivity contribution is 6.29. The number of halogens is 1. The SMILES string of the molecule is CC(C)C[n+]1c([O-])c(Cc2ccccc2)c(=O)n2nc(Cl)ccc21. The lowest BCUT2D eigenvalue weighted by molar-refractivity contribution is -0.721. The Bertz CT molecular complexity index is 936. The average molecular weight is 344 g/mol. The van der Waals surface area contributed by atoms with E-state index < -0.39 is 5.56 Å². The zero-order valence-corrected chi connectivity index (χ0v) is 14.3. The summed E-state index contributed by atoms with van der Waals surface area (Å²) in [6, 6.07) is 12.7. The van der Waals surface area contributed by atoms with Gasteiger partial charge in [-0.1, -0.05) is 65.4 Å². The summed E-state index contributed by atoms with van der Waals surface area (Å²) < 4.78 is 2.83. The topological polar surface area (TPSA) is 61.3 Å². The lowest BCUT2D eigenvalue weighted by Crippen LogP contribution is -2.46. The van der Waals surface area contributed by atoms with Crippen molar-refractivity contribution < 1.29 is 9.67 Å². The Morgan fingerprint density at radius 3 is 2.58 bits per heavy atom. The van der Waals surface area contributed by atoms with E-state index in [4.69, 9.17) is 11.6 Å². The number of rotatable bonds is 4. The molecule has 0 N–H and O–H groups in total. The summed E-state index contributed by atoms with van der Waals surface area (Å²) in [4.78, 5) is 12.8. The molecule has 3 rings (SSSR count). The highest BCUT2D eigenvalue weighted by Crippen LogP contribution is 2.14. The zero-order valence-electron chi connectivity index (χ0n) is 13.6. The number of hydrogen-bond acceptors (Lipinski definition) is 3. The molecule has 0 spiro atoms. The molecule has 5 nitrogen and oxygen atoms in total. The molecule has 0 amide bonds. The summed E-state index contributed by atoms with van der Waals surface area (Å²) in [7, 11) is 0. The minimum absolute atomic E-state index is 0.203. The maximum atomic E-state index is 12.9. The number of benzene rings is 1. The van der Waals surface area contributed by atoms with E-state index >= 15 is 0 Å². The van der Waals surface area contributed by atoms with Crippen LogP contribution in [0.4, 0.5) is 0 Å². The first kappa shape index (κ1) is 16.5. The van der Waals surface area contributed by atoms with E-state index in [0.717, 1.165) is 5.56 Å². The molecule has 0 aliphatic carbocycles. The summed E-state index contributed by atoms with van der Waals surface area (Å²) in [6.07, 6.45) is 0.272. The second-order valence-corrected chi connectivity index (χ2v) is 6.57. The maximum absolute atomic E-state index is 12.9. The quantitative estimate of drug-likeness (QED) is 0.680. The molecule has 124 valence electrons. The number of nitrogens with zero attached hydrogens (tertiary/aromatic N) is 3. The molecule has 2 heterocycles. The standard InChI is InChI=1S/C18H18ClN3O2/c1-12(2)11-21-16-9-8-15(19)20-22(16)18(24)14(17(21)23)10-13-6-4-3-5-7-13/h3-9,12H,10-11H2,1-2H3. The molecule has 1 aromatic carbocycles. The average Bonchev–Trinajstić information content (AvgIpc) is 2.56. The van der Waals surface area contributed by atoms with Crippen LogP contribution in [-0.2, 0) is 13.0 Å². The second-order valence-electron chi connectivity index (χ2n) is 6.18. The molecule has 0 radical (unpaired) electrons. The molecule has 0 aliphatic rings. The molecule has 0 atom stereocenters. The number of fused-ring (bicyclic) bond motifs is 1. The smallest absolute Gasteiger partial charge is 0.365 e. The van der Waals surface area contributed by atoms with Gasteiger partial charge in [-0.2, -0.15) is 0 Å². The second kappa shape index (κ2) is 6.61. The summed E-state index contributed by atoms with van der Waals surface area (Å²) in [5, 5.41) is 17.2. The Hall–Kier alpha value is -2.40. The van der Waals surface area contributed by atoms with Gasteiger partial charge < -0.3 is 5.11 Å². The molecule has 0 saturated carbocycles. The van der Waals surface area contributed by atoms with Crippen LogP contribution in [-0.4, -0.2) is 9.61 Å². The van der Waals surface area contributed by atoms with Gasteiger partial charge in [-0.05, 0) is 17.5 Å². The van der Waals surface area contributed by atoms with Crippen LogP contribution in [0.15, 0.2) is 47.3 Å². The summed E-state index contributed by atoms with van der Waals surface area (Å²) in [5.74, 6) is -0.00840. The molecular weight excluding hydrogens is 326 g/mol. The largest absolute Gasteiger partial charge is 0.842 e. The molecule has 0 aliphatic heterocycles. The van der Waals surface area contributed by atoms with Crippen LogP contribution in [0.25, 0.3) is 5.65 Å². The van der Waals surface area contributed by atoms with Crippen LogP contribution >= 0.6 is 11.6 Å². The van der Waals surface area contributed by atoms with E-state index in [0.29, 0.717) is 12.2 Å². The minimum atomic E-state index is -0.415. The van der Waals surface area contributed by atoms with Crippen molar-refractivity contribution in [3.63, 3.8) is 0 Å². The molecule has 0 bridgehead atoms. The first-order valence-corrected chi connectivity index (χ1v) is 8.20. The third kappa shape index (κ3) is 3.12. The van der Waals surface area contributed by atoms with E-state index in [-0.39, 0.29) is 28.9 Å². The van der Waals surface area contributed by atoms with Crippen molar-refractivity contribution in [2.24, 2.45) is 5.92 Å². The van der Waals surface area contributed by atoms with Crippen LogP contribution in [0.3, 0.4) is 0 Å². The van der Waals surface area contributed by atoms with Crippen molar-refractivity contribution in [1.29, 1.82) is 0 Å². The van der Waals surface area contributed by atoms with Crippen molar-refractivity contribution in [1.82, 2.24) is 9.61 Å². The van der Waals surface area contributed by atoms with Crippen LogP contribution in [0.2, 0.25) is 5.15 Å². The fourth-order valence-electron chi connectivity index (χ4n) is 2.73. The fourth-order valence-corrected chi connectivity index (χ4v) is 2.87. The van der Waals surface area contributed by atoms with Gasteiger partial charge in [0.15, 0.2) is 5.15 Å². The van der Waals surface area contributed by atoms with Crippen LogP contribution in [0.1, 0.15) is 25.0 Å². The lowest BCUT2D eigenvalue weighted by atomic mass is 10.1. The van der Waals surface area contributed by atoms with Gasteiger partial charge in [0, 0.05) is 12.5 Å². The van der Waals surface area contributed by atoms with Crippen LogP contribution in [0.5, 0.6) is 5.88 Å². The van der Waals surface area contributed by atoms with Crippen molar-refractivity contribution in [2.45, 2.75) is 26.8 Å². The predicted molar refractivity (Wildman–Crippen MR) is 90.2 cm³/mol. The first-order valence-electron chi connectivity index (χ1n) is 7.82. The molecule has 6 heteroatoms. The molecule has 24 heavy (non-hydrogen) atoms. The van der Waals surface area contributed by atoms with Crippen LogP contribution < -0.4 is 15.2 Å². The van der Waals surface area contributed by atoms with Crippen molar-refractivity contribution in [3.05, 3.63) is 69.1 Å². The molecular formula is C18H18ClN3O2. The Morgan fingerprint density at radius 2 is 1.92 bits per heavy atom. The summed E-state index contributed by atoms with van der Waals surface area (Å²) >= 11 is 5.94. The van der Waals surface area contributed by atoms with Crippen molar-refractivity contribution in [3.8, 4) is 5.88 Å². The maximum Gasteiger partial charge on any atom is 0.365 e. The van der Waals surface area contributed by atoms with E-state index in [9.17, 15) is 9.90 Å². The van der Waals surface area contributed by atoms with E-state index in [1.165, 1.54) is 4.52 Å². The Morgan fingerprint density at radius 1 is 1.21 bits per heavy atom. The monoisotopic (exact) mass is 343 g/mol.